The molecule has 0 saturated carbocycles. The molecular formula is C17H24N4S. The molecule has 22 heavy (non-hydrogen) atoms. The van der Waals surface area contributed by atoms with Crippen molar-refractivity contribution < 1.29 is 0 Å². The highest BCUT2D eigenvalue weighted by atomic mass is 32.1. The molecule has 0 radical (unpaired) electrons. The van der Waals surface area contributed by atoms with Gasteiger partial charge in [0.25, 0.3) is 0 Å². The van der Waals surface area contributed by atoms with Gasteiger partial charge in [-0.3, -0.25) is 4.99 Å². The Labute approximate surface area is 136 Å². The maximum atomic E-state index is 4.68. The van der Waals surface area contributed by atoms with Crippen LogP contribution in [0.1, 0.15) is 31.3 Å². The maximum absolute atomic E-state index is 4.68. The zero-order chi connectivity index (χ0) is 16.2. The molecule has 0 spiro atoms. The van der Waals surface area contributed by atoms with Gasteiger partial charge >= 0.3 is 0 Å². The Kier molecular flexibility index (Phi) is 5.19. The summed E-state index contributed by atoms with van der Waals surface area (Å²) in [7, 11) is 1.79. The number of aromatic nitrogens is 1. The lowest BCUT2D eigenvalue weighted by Crippen LogP contribution is -2.47. The Hall–Kier alpha value is -1.88. The average Bonchev–Trinajstić information content (AvgIpc) is 2.84. The van der Waals surface area contributed by atoms with E-state index in [0.717, 1.165) is 23.2 Å². The van der Waals surface area contributed by atoms with Crippen molar-refractivity contribution in [1.29, 1.82) is 0 Å². The van der Waals surface area contributed by atoms with Crippen LogP contribution in [0, 0.1) is 6.92 Å². The Bertz CT molecular complexity index is 638. The van der Waals surface area contributed by atoms with E-state index in [2.05, 4.69) is 60.4 Å². The van der Waals surface area contributed by atoms with E-state index >= 15 is 0 Å². The van der Waals surface area contributed by atoms with Crippen molar-refractivity contribution in [2.75, 3.05) is 7.05 Å². The third-order valence-corrected chi connectivity index (χ3v) is 4.25. The molecule has 0 bridgehead atoms. The SMILES string of the molecule is CN=C(NCc1sc(-c2ccccc2)nc1C)NC(C)(C)C. The largest absolute Gasteiger partial charge is 0.352 e. The molecular weight excluding hydrogens is 292 g/mol. The number of benzene rings is 1. The zero-order valence-electron chi connectivity index (χ0n) is 13.9. The van der Waals surface area contributed by atoms with Crippen LogP contribution in [-0.4, -0.2) is 23.5 Å². The van der Waals surface area contributed by atoms with Crippen LogP contribution >= 0.6 is 11.3 Å². The summed E-state index contributed by atoms with van der Waals surface area (Å²) in [5.74, 6) is 0.807. The van der Waals surface area contributed by atoms with Crippen LogP contribution in [0.15, 0.2) is 35.3 Å². The van der Waals surface area contributed by atoms with Crippen molar-refractivity contribution in [2.24, 2.45) is 4.99 Å². The Balaban J connectivity index is 2.06. The highest BCUT2D eigenvalue weighted by molar-refractivity contribution is 7.15. The normalized spacial score (nSPS) is 12.3. The molecule has 0 saturated heterocycles. The molecule has 2 aromatic rings. The van der Waals surface area contributed by atoms with Crippen LogP contribution in [0.3, 0.4) is 0 Å². The minimum atomic E-state index is -0.0141. The van der Waals surface area contributed by atoms with Crippen LogP contribution in [0.5, 0.6) is 0 Å². The molecule has 2 rings (SSSR count). The van der Waals surface area contributed by atoms with Crippen LogP contribution < -0.4 is 10.6 Å². The Morgan fingerprint density at radius 3 is 2.50 bits per heavy atom. The molecule has 0 fully saturated rings. The number of thiazole rings is 1. The molecule has 118 valence electrons. The second-order valence-corrected chi connectivity index (χ2v) is 7.28. The fraction of sp³-hybridized carbons (Fsp3) is 0.412. The monoisotopic (exact) mass is 316 g/mol. The molecule has 0 aliphatic heterocycles. The fourth-order valence-electron chi connectivity index (χ4n) is 1.99. The molecule has 0 unspecified atom stereocenters. The number of hydrogen-bond acceptors (Lipinski definition) is 3. The molecule has 4 nitrogen and oxygen atoms in total. The van der Waals surface area contributed by atoms with Gasteiger partial charge in [-0.15, -0.1) is 11.3 Å². The molecule has 0 aliphatic rings. The van der Waals surface area contributed by atoms with Crippen LogP contribution in [-0.2, 0) is 6.54 Å². The third-order valence-electron chi connectivity index (χ3n) is 3.05. The van der Waals surface area contributed by atoms with Crippen LogP contribution in [0.25, 0.3) is 10.6 Å². The van der Waals surface area contributed by atoms with Crippen LogP contribution in [0.2, 0.25) is 0 Å². The number of hydrogen-bond donors (Lipinski definition) is 2. The highest BCUT2D eigenvalue weighted by Crippen LogP contribution is 2.27. The number of nitrogens with zero attached hydrogens (tertiary/aromatic N) is 2. The second-order valence-electron chi connectivity index (χ2n) is 6.19. The first-order valence-corrected chi connectivity index (χ1v) is 8.21. The summed E-state index contributed by atoms with van der Waals surface area (Å²) in [5.41, 5.74) is 2.22. The second kappa shape index (κ2) is 6.92. The summed E-state index contributed by atoms with van der Waals surface area (Å²) in [6.45, 7) is 9.13. The van der Waals surface area contributed by atoms with Crippen molar-refractivity contribution >= 4 is 17.3 Å². The zero-order valence-corrected chi connectivity index (χ0v) is 14.7. The topological polar surface area (TPSA) is 49.3 Å². The standard InChI is InChI=1S/C17H24N4S/c1-12-14(11-19-16(18-5)21-17(2,3)4)22-15(20-12)13-9-7-6-8-10-13/h6-10H,11H2,1-5H3,(H2,18,19,21). The van der Waals surface area contributed by atoms with E-state index < -0.39 is 0 Å². The van der Waals surface area contributed by atoms with E-state index in [9.17, 15) is 0 Å². The molecule has 0 amide bonds. The van der Waals surface area contributed by atoms with Gasteiger partial charge in [0.2, 0.25) is 0 Å². The van der Waals surface area contributed by atoms with Crippen LogP contribution in [0.4, 0.5) is 0 Å². The number of aryl methyl sites for hydroxylation is 1. The molecule has 2 N–H and O–H groups in total. The molecule has 1 aromatic heterocycles. The summed E-state index contributed by atoms with van der Waals surface area (Å²) in [4.78, 5) is 10.2. The van der Waals surface area contributed by atoms with E-state index in [1.54, 1.807) is 18.4 Å². The highest BCUT2D eigenvalue weighted by Gasteiger charge is 2.13. The fourth-order valence-corrected chi connectivity index (χ4v) is 3.00. The van der Waals surface area contributed by atoms with Crippen molar-refractivity contribution in [3.63, 3.8) is 0 Å². The number of nitrogens with one attached hydrogen (secondary N) is 2. The maximum Gasteiger partial charge on any atom is 0.191 e. The van der Waals surface area contributed by atoms with E-state index in [-0.39, 0.29) is 5.54 Å². The van der Waals surface area contributed by atoms with Gasteiger partial charge in [-0.05, 0) is 27.7 Å². The summed E-state index contributed by atoms with van der Waals surface area (Å²) in [5, 5.41) is 7.78. The number of guanidine groups is 1. The lowest BCUT2D eigenvalue weighted by atomic mass is 10.1. The summed E-state index contributed by atoms with van der Waals surface area (Å²) >= 11 is 1.73. The van der Waals surface area contributed by atoms with Gasteiger partial charge in [0.05, 0.1) is 12.2 Å². The van der Waals surface area contributed by atoms with Crippen molar-refractivity contribution in [3.05, 3.63) is 40.9 Å². The quantitative estimate of drug-likeness (QED) is 0.672. The predicted octanol–water partition coefficient (Wildman–Crippen LogP) is 3.58. The van der Waals surface area contributed by atoms with Crippen molar-refractivity contribution in [3.8, 4) is 10.6 Å². The molecule has 0 atom stereocenters. The molecule has 5 heteroatoms. The van der Waals surface area contributed by atoms with Gasteiger partial charge in [0.15, 0.2) is 5.96 Å². The van der Waals surface area contributed by atoms with Gasteiger partial charge in [-0.2, -0.15) is 0 Å². The van der Waals surface area contributed by atoms with Crippen molar-refractivity contribution in [2.45, 2.75) is 39.8 Å². The molecule has 1 aromatic carbocycles. The lowest BCUT2D eigenvalue weighted by Gasteiger charge is -2.23. The number of rotatable bonds is 3. The van der Waals surface area contributed by atoms with Crippen molar-refractivity contribution in [1.82, 2.24) is 15.6 Å². The average molecular weight is 316 g/mol. The van der Waals surface area contributed by atoms with E-state index in [1.165, 1.54) is 10.4 Å². The minimum Gasteiger partial charge on any atom is -0.352 e. The van der Waals surface area contributed by atoms with Gasteiger partial charge in [-0.25, -0.2) is 4.98 Å². The molecule has 0 aliphatic carbocycles. The van der Waals surface area contributed by atoms with Gasteiger partial charge in [0, 0.05) is 23.0 Å². The summed E-state index contributed by atoms with van der Waals surface area (Å²) in [6.07, 6.45) is 0. The smallest absolute Gasteiger partial charge is 0.191 e. The first-order valence-electron chi connectivity index (χ1n) is 7.39. The van der Waals surface area contributed by atoms with E-state index in [1.807, 2.05) is 18.2 Å². The first kappa shape index (κ1) is 16.5. The number of aliphatic imine (C=N–C) groups is 1. The third kappa shape index (κ3) is 4.56. The molecule has 1 heterocycles. The van der Waals surface area contributed by atoms with Gasteiger partial charge in [-0.1, -0.05) is 30.3 Å². The predicted molar refractivity (Wildman–Crippen MR) is 95.4 cm³/mol. The van der Waals surface area contributed by atoms with Gasteiger partial charge < -0.3 is 10.6 Å². The first-order chi connectivity index (χ1) is 10.4. The van der Waals surface area contributed by atoms with E-state index in [4.69, 9.17) is 0 Å². The minimum absolute atomic E-state index is 0.0141. The summed E-state index contributed by atoms with van der Waals surface area (Å²) in [6, 6.07) is 10.3. The van der Waals surface area contributed by atoms with Gasteiger partial charge in [0.1, 0.15) is 5.01 Å². The van der Waals surface area contributed by atoms with E-state index in [0.29, 0.717) is 0 Å². The Morgan fingerprint density at radius 1 is 1.23 bits per heavy atom. The summed E-state index contributed by atoms with van der Waals surface area (Å²) < 4.78 is 0. The lowest BCUT2D eigenvalue weighted by molar-refractivity contribution is 0.501. The Morgan fingerprint density at radius 2 is 1.91 bits per heavy atom.